The highest BCUT2D eigenvalue weighted by Gasteiger charge is 2.02. The van der Waals surface area contributed by atoms with E-state index in [1.807, 2.05) is 25.1 Å². The Balaban J connectivity index is 2.24. The average Bonchev–Trinajstić information content (AvgIpc) is 2.29. The molecular formula is C12H14N4. The van der Waals surface area contributed by atoms with Gasteiger partial charge in [0.1, 0.15) is 11.6 Å². The molecule has 0 unspecified atom stereocenters. The molecule has 0 amide bonds. The maximum atomic E-state index is 5.73. The molecular weight excluding hydrogens is 200 g/mol. The first-order valence-electron chi connectivity index (χ1n) is 5.29. The lowest BCUT2D eigenvalue weighted by molar-refractivity contribution is 0.902. The summed E-state index contributed by atoms with van der Waals surface area (Å²) in [6.07, 6.45) is 5.12. The fraction of sp³-hybridized carbons (Fsp3) is 0.250. The quantitative estimate of drug-likeness (QED) is 0.843. The van der Waals surface area contributed by atoms with E-state index < -0.39 is 0 Å². The lowest BCUT2D eigenvalue weighted by Gasteiger charge is -2.04. The minimum Gasteiger partial charge on any atom is -0.384 e. The zero-order valence-electron chi connectivity index (χ0n) is 9.22. The van der Waals surface area contributed by atoms with Crippen LogP contribution in [-0.2, 0) is 12.8 Å². The van der Waals surface area contributed by atoms with Crippen LogP contribution in [0.25, 0.3) is 0 Å². The molecule has 0 bridgehead atoms. The SMILES string of the molecule is CCc1nc(N)cc(Cc2ccncc2)n1. The molecule has 2 N–H and O–H groups in total. The fourth-order valence-electron chi connectivity index (χ4n) is 1.53. The summed E-state index contributed by atoms with van der Waals surface area (Å²) < 4.78 is 0. The number of aryl methyl sites for hydroxylation is 1. The molecule has 0 spiro atoms. The second-order valence-corrected chi connectivity index (χ2v) is 3.59. The van der Waals surface area contributed by atoms with Crippen molar-refractivity contribution in [3.63, 3.8) is 0 Å². The Morgan fingerprint density at radius 2 is 1.94 bits per heavy atom. The molecule has 0 atom stereocenters. The van der Waals surface area contributed by atoms with E-state index in [1.165, 1.54) is 5.56 Å². The minimum absolute atomic E-state index is 0.538. The number of hydrogen-bond acceptors (Lipinski definition) is 4. The topological polar surface area (TPSA) is 64.7 Å². The summed E-state index contributed by atoms with van der Waals surface area (Å²) in [6, 6.07) is 5.77. The highest BCUT2D eigenvalue weighted by molar-refractivity contribution is 5.32. The highest BCUT2D eigenvalue weighted by atomic mass is 14.9. The number of nitrogen functional groups attached to an aromatic ring is 1. The minimum atomic E-state index is 0.538. The van der Waals surface area contributed by atoms with Crippen LogP contribution in [0.5, 0.6) is 0 Å². The average molecular weight is 214 g/mol. The van der Waals surface area contributed by atoms with Gasteiger partial charge in [-0.15, -0.1) is 0 Å². The van der Waals surface area contributed by atoms with Gasteiger partial charge in [-0.1, -0.05) is 6.92 Å². The second kappa shape index (κ2) is 4.70. The monoisotopic (exact) mass is 214 g/mol. The van der Waals surface area contributed by atoms with Gasteiger partial charge >= 0.3 is 0 Å². The van der Waals surface area contributed by atoms with E-state index in [0.29, 0.717) is 5.82 Å². The molecule has 0 fully saturated rings. The highest BCUT2D eigenvalue weighted by Crippen LogP contribution is 2.09. The summed E-state index contributed by atoms with van der Waals surface area (Å²) in [6.45, 7) is 2.02. The van der Waals surface area contributed by atoms with Crippen LogP contribution in [0.3, 0.4) is 0 Å². The normalized spacial score (nSPS) is 10.3. The Hall–Kier alpha value is -1.97. The molecule has 0 aromatic carbocycles. The molecule has 0 saturated carbocycles. The molecule has 0 aliphatic rings. The number of rotatable bonds is 3. The molecule has 2 aromatic heterocycles. The number of anilines is 1. The van der Waals surface area contributed by atoms with Gasteiger partial charge in [0.25, 0.3) is 0 Å². The Labute approximate surface area is 94.6 Å². The van der Waals surface area contributed by atoms with Crippen LogP contribution in [0, 0.1) is 0 Å². The molecule has 0 aliphatic heterocycles. The molecule has 2 aromatic rings. The van der Waals surface area contributed by atoms with Crippen LogP contribution in [0.4, 0.5) is 5.82 Å². The molecule has 0 radical (unpaired) electrons. The Kier molecular flexibility index (Phi) is 3.10. The smallest absolute Gasteiger partial charge is 0.130 e. The molecule has 82 valence electrons. The van der Waals surface area contributed by atoms with Gasteiger partial charge in [0, 0.05) is 31.3 Å². The van der Waals surface area contributed by atoms with E-state index in [-0.39, 0.29) is 0 Å². The first-order chi connectivity index (χ1) is 7.78. The van der Waals surface area contributed by atoms with Crippen molar-refractivity contribution >= 4 is 5.82 Å². The summed E-state index contributed by atoms with van der Waals surface area (Å²) in [4.78, 5) is 12.6. The van der Waals surface area contributed by atoms with Gasteiger partial charge in [0.2, 0.25) is 0 Å². The molecule has 0 aliphatic carbocycles. The van der Waals surface area contributed by atoms with Crippen molar-refractivity contribution in [1.29, 1.82) is 0 Å². The van der Waals surface area contributed by atoms with E-state index in [1.54, 1.807) is 12.4 Å². The largest absolute Gasteiger partial charge is 0.384 e. The van der Waals surface area contributed by atoms with Gasteiger partial charge in [-0.25, -0.2) is 9.97 Å². The maximum Gasteiger partial charge on any atom is 0.130 e. The third-order valence-electron chi connectivity index (χ3n) is 2.30. The van der Waals surface area contributed by atoms with Crippen LogP contribution in [-0.4, -0.2) is 15.0 Å². The van der Waals surface area contributed by atoms with Gasteiger partial charge < -0.3 is 5.73 Å². The lowest BCUT2D eigenvalue weighted by atomic mass is 10.1. The van der Waals surface area contributed by atoms with Crippen molar-refractivity contribution in [1.82, 2.24) is 15.0 Å². The van der Waals surface area contributed by atoms with Gasteiger partial charge in [-0.2, -0.15) is 0 Å². The van der Waals surface area contributed by atoms with Crippen molar-refractivity contribution in [3.05, 3.63) is 47.7 Å². The van der Waals surface area contributed by atoms with Crippen LogP contribution in [0.2, 0.25) is 0 Å². The van der Waals surface area contributed by atoms with Gasteiger partial charge in [-0.3, -0.25) is 4.98 Å². The molecule has 2 rings (SSSR count). The van der Waals surface area contributed by atoms with Gasteiger partial charge in [0.15, 0.2) is 0 Å². The van der Waals surface area contributed by atoms with Crippen LogP contribution >= 0.6 is 0 Å². The number of nitrogens with zero attached hydrogens (tertiary/aromatic N) is 3. The third kappa shape index (κ3) is 2.53. The predicted molar refractivity (Wildman–Crippen MR) is 62.9 cm³/mol. The summed E-state index contributed by atoms with van der Waals surface area (Å²) in [5.41, 5.74) is 7.86. The molecule has 16 heavy (non-hydrogen) atoms. The molecule has 4 heteroatoms. The van der Waals surface area contributed by atoms with Crippen molar-refractivity contribution < 1.29 is 0 Å². The number of pyridine rings is 1. The number of nitrogens with two attached hydrogens (primary N) is 1. The summed E-state index contributed by atoms with van der Waals surface area (Å²) in [5.74, 6) is 1.33. The number of hydrogen-bond donors (Lipinski definition) is 1. The lowest BCUT2D eigenvalue weighted by Crippen LogP contribution is -2.03. The second-order valence-electron chi connectivity index (χ2n) is 3.59. The standard InChI is InChI=1S/C12H14N4/c1-2-12-15-10(8-11(13)16-12)7-9-3-5-14-6-4-9/h3-6,8H,2,7H2,1H3,(H2,13,15,16). The molecule has 0 saturated heterocycles. The summed E-state index contributed by atoms with van der Waals surface area (Å²) in [5, 5.41) is 0. The summed E-state index contributed by atoms with van der Waals surface area (Å²) >= 11 is 0. The molecule has 2 heterocycles. The van der Waals surface area contributed by atoms with Crippen molar-refractivity contribution in [2.45, 2.75) is 19.8 Å². The van der Waals surface area contributed by atoms with E-state index >= 15 is 0 Å². The van der Waals surface area contributed by atoms with Crippen molar-refractivity contribution in [3.8, 4) is 0 Å². The maximum absolute atomic E-state index is 5.73. The van der Waals surface area contributed by atoms with E-state index in [2.05, 4.69) is 15.0 Å². The Bertz CT molecular complexity index is 468. The van der Waals surface area contributed by atoms with Gasteiger partial charge in [-0.05, 0) is 17.7 Å². The first kappa shape index (κ1) is 10.5. The predicted octanol–water partition coefficient (Wildman–Crippen LogP) is 1.61. The van der Waals surface area contributed by atoms with Crippen LogP contribution in [0.15, 0.2) is 30.6 Å². The third-order valence-corrected chi connectivity index (χ3v) is 2.30. The van der Waals surface area contributed by atoms with Crippen LogP contribution < -0.4 is 5.73 Å². The molecule has 4 nitrogen and oxygen atoms in total. The first-order valence-corrected chi connectivity index (χ1v) is 5.29. The van der Waals surface area contributed by atoms with E-state index in [0.717, 1.165) is 24.4 Å². The van der Waals surface area contributed by atoms with Gasteiger partial charge in [0.05, 0.1) is 5.69 Å². The van der Waals surface area contributed by atoms with E-state index in [9.17, 15) is 0 Å². The fourth-order valence-corrected chi connectivity index (χ4v) is 1.53. The zero-order chi connectivity index (χ0) is 11.4. The van der Waals surface area contributed by atoms with Crippen LogP contribution in [0.1, 0.15) is 24.0 Å². The van der Waals surface area contributed by atoms with E-state index in [4.69, 9.17) is 5.73 Å². The zero-order valence-corrected chi connectivity index (χ0v) is 9.22. The van der Waals surface area contributed by atoms with Crippen molar-refractivity contribution in [2.75, 3.05) is 5.73 Å². The number of aromatic nitrogens is 3. The Morgan fingerprint density at radius 1 is 1.19 bits per heavy atom. The van der Waals surface area contributed by atoms with Crippen molar-refractivity contribution in [2.24, 2.45) is 0 Å². The summed E-state index contributed by atoms with van der Waals surface area (Å²) in [7, 11) is 0. The Morgan fingerprint density at radius 3 is 2.62 bits per heavy atom.